The zero-order valence-electron chi connectivity index (χ0n) is 15.2. The molecule has 2 aromatic rings. The van der Waals surface area contributed by atoms with Gasteiger partial charge in [0.15, 0.2) is 0 Å². The second-order valence-corrected chi connectivity index (χ2v) is 9.79. The smallest absolute Gasteiger partial charge is 0.261 e. The van der Waals surface area contributed by atoms with Crippen molar-refractivity contribution in [1.82, 2.24) is 4.90 Å². The first-order chi connectivity index (χ1) is 13.3. The van der Waals surface area contributed by atoms with Gasteiger partial charge in [-0.2, -0.15) is 0 Å². The molecule has 1 aliphatic rings. The summed E-state index contributed by atoms with van der Waals surface area (Å²) in [7, 11) is -3.89. The summed E-state index contributed by atoms with van der Waals surface area (Å²) in [5.41, 5.74) is 0.707. The number of hydrogen-bond donors (Lipinski definition) is 1. The number of sulfonamides is 1. The van der Waals surface area contributed by atoms with E-state index in [0.717, 1.165) is 24.2 Å². The molecule has 0 saturated carbocycles. The summed E-state index contributed by atoms with van der Waals surface area (Å²) in [5, 5.41) is 0.587. The Labute approximate surface area is 179 Å². The number of hydrogen-bond acceptors (Lipinski definition) is 4. The highest BCUT2D eigenvalue weighted by Gasteiger charge is 2.24. The first-order valence-electron chi connectivity index (χ1n) is 8.77. The second-order valence-electron chi connectivity index (χ2n) is 6.45. The van der Waals surface area contributed by atoms with Crippen LogP contribution in [-0.4, -0.2) is 38.6 Å². The van der Waals surface area contributed by atoms with Gasteiger partial charge in [0.25, 0.3) is 15.9 Å². The second kappa shape index (κ2) is 8.95. The molecule has 1 amide bonds. The third kappa shape index (κ3) is 4.76. The molecule has 0 bridgehead atoms. The lowest BCUT2D eigenvalue weighted by atomic mass is 10.1. The van der Waals surface area contributed by atoms with Gasteiger partial charge in [0.2, 0.25) is 0 Å². The minimum absolute atomic E-state index is 0.0248. The van der Waals surface area contributed by atoms with Crippen molar-refractivity contribution in [2.24, 2.45) is 0 Å². The molecule has 2 aromatic carbocycles. The van der Waals surface area contributed by atoms with Crippen LogP contribution in [0.3, 0.4) is 0 Å². The van der Waals surface area contributed by atoms with Crippen molar-refractivity contribution < 1.29 is 13.2 Å². The van der Waals surface area contributed by atoms with E-state index >= 15 is 0 Å². The summed E-state index contributed by atoms with van der Waals surface area (Å²) in [4.78, 5) is 15.5. The highest BCUT2D eigenvalue weighted by Crippen LogP contribution is 2.29. The first kappa shape index (κ1) is 21.3. The Morgan fingerprint density at radius 3 is 2.39 bits per heavy atom. The van der Waals surface area contributed by atoms with Gasteiger partial charge in [-0.15, -0.1) is 11.8 Å². The molecular formula is C19H20Cl2N2O3S2. The van der Waals surface area contributed by atoms with Gasteiger partial charge in [0, 0.05) is 18.0 Å². The van der Waals surface area contributed by atoms with Crippen molar-refractivity contribution >= 4 is 56.6 Å². The molecule has 1 aliphatic heterocycles. The quantitative estimate of drug-likeness (QED) is 0.629. The number of likely N-dealkylation sites (tertiary alicyclic amines) is 1. The third-order valence-electron chi connectivity index (χ3n) is 4.53. The molecule has 5 nitrogen and oxygen atoms in total. The summed E-state index contributed by atoms with van der Waals surface area (Å²) >= 11 is 13.3. The number of nitrogens with one attached hydrogen (secondary N) is 1. The maximum absolute atomic E-state index is 13.0. The standard InChI is InChI=1S/C19H20Cl2N2O3S2/c1-27-18-8-6-14(12-15(18)19(24)23-9-3-2-4-10-23)28(25,26)22-13-5-7-16(20)17(21)11-13/h5-8,11-12,22H,2-4,9-10H2,1H3. The molecule has 1 fully saturated rings. The molecule has 1 N–H and O–H groups in total. The van der Waals surface area contributed by atoms with Gasteiger partial charge in [0.1, 0.15) is 0 Å². The van der Waals surface area contributed by atoms with Crippen LogP contribution in [0.1, 0.15) is 29.6 Å². The number of anilines is 1. The van der Waals surface area contributed by atoms with Crippen LogP contribution in [0.2, 0.25) is 10.0 Å². The molecular weight excluding hydrogens is 439 g/mol. The molecule has 1 saturated heterocycles. The fourth-order valence-electron chi connectivity index (χ4n) is 3.06. The third-order valence-corrected chi connectivity index (χ3v) is 7.44. The molecule has 9 heteroatoms. The zero-order chi connectivity index (χ0) is 20.3. The SMILES string of the molecule is CSc1ccc(S(=O)(=O)Nc2ccc(Cl)c(Cl)c2)cc1C(=O)N1CCCCC1. The van der Waals surface area contributed by atoms with Gasteiger partial charge in [-0.05, 0) is 61.9 Å². The summed E-state index contributed by atoms with van der Waals surface area (Å²) in [6.07, 6.45) is 4.92. The molecule has 0 aromatic heterocycles. The summed E-state index contributed by atoms with van der Waals surface area (Å²) in [6.45, 7) is 1.40. The minimum atomic E-state index is -3.89. The van der Waals surface area contributed by atoms with E-state index in [-0.39, 0.29) is 15.8 Å². The van der Waals surface area contributed by atoms with Crippen molar-refractivity contribution in [3.05, 3.63) is 52.0 Å². The average molecular weight is 459 g/mol. The lowest BCUT2D eigenvalue weighted by molar-refractivity contribution is 0.0720. The Balaban J connectivity index is 1.92. The number of carbonyl (C=O) groups is 1. The molecule has 3 rings (SSSR count). The Morgan fingerprint density at radius 2 is 1.75 bits per heavy atom. The van der Waals surface area contributed by atoms with Gasteiger partial charge in [-0.3, -0.25) is 9.52 Å². The molecule has 28 heavy (non-hydrogen) atoms. The lowest BCUT2D eigenvalue weighted by Crippen LogP contribution is -2.36. The van der Waals surface area contributed by atoms with E-state index in [1.165, 1.54) is 42.1 Å². The molecule has 0 radical (unpaired) electrons. The number of amides is 1. The van der Waals surface area contributed by atoms with Crippen LogP contribution in [0.5, 0.6) is 0 Å². The number of piperidine rings is 1. The number of thioether (sulfide) groups is 1. The van der Waals surface area contributed by atoms with Crippen molar-refractivity contribution in [1.29, 1.82) is 0 Å². The Morgan fingerprint density at radius 1 is 1.04 bits per heavy atom. The molecule has 1 heterocycles. The largest absolute Gasteiger partial charge is 0.339 e. The zero-order valence-corrected chi connectivity index (χ0v) is 18.4. The number of nitrogens with zero attached hydrogens (tertiary/aromatic N) is 1. The van der Waals surface area contributed by atoms with E-state index in [4.69, 9.17) is 23.2 Å². The van der Waals surface area contributed by atoms with Crippen LogP contribution >= 0.6 is 35.0 Å². The molecule has 150 valence electrons. The lowest BCUT2D eigenvalue weighted by Gasteiger charge is -2.27. The Bertz CT molecular complexity index is 991. The average Bonchev–Trinajstić information content (AvgIpc) is 2.70. The van der Waals surface area contributed by atoms with E-state index in [9.17, 15) is 13.2 Å². The van der Waals surface area contributed by atoms with Gasteiger partial charge < -0.3 is 4.90 Å². The minimum Gasteiger partial charge on any atom is -0.339 e. The first-order valence-corrected chi connectivity index (χ1v) is 12.2. The van der Waals surface area contributed by atoms with Crippen molar-refractivity contribution in [3.63, 3.8) is 0 Å². The van der Waals surface area contributed by atoms with Crippen molar-refractivity contribution in [3.8, 4) is 0 Å². The molecule has 0 spiro atoms. The molecule has 0 aliphatic carbocycles. The van der Waals surface area contributed by atoms with Gasteiger partial charge in [-0.1, -0.05) is 23.2 Å². The fraction of sp³-hybridized carbons (Fsp3) is 0.316. The fourth-order valence-corrected chi connectivity index (χ4v) is 5.01. The highest BCUT2D eigenvalue weighted by atomic mass is 35.5. The van der Waals surface area contributed by atoms with E-state index in [1.54, 1.807) is 11.0 Å². The Hall–Kier alpha value is -1.41. The monoisotopic (exact) mass is 458 g/mol. The van der Waals surface area contributed by atoms with Crippen molar-refractivity contribution in [2.45, 2.75) is 29.1 Å². The van der Waals surface area contributed by atoms with E-state index in [1.807, 2.05) is 6.26 Å². The number of carbonyl (C=O) groups excluding carboxylic acids is 1. The normalized spacial score (nSPS) is 14.8. The van der Waals surface area contributed by atoms with Crippen LogP contribution in [0.4, 0.5) is 5.69 Å². The molecule has 0 unspecified atom stereocenters. The number of benzene rings is 2. The van der Waals surface area contributed by atoms with Crippen LogP contribution in [-0.2, 0) is 10.0 Å². The Kier molecular flexibility index (Phi) is 6.81. The van der Waals surface area contributed by atoms with Crippen molar-refractivity contribution in [2.75, 3.05) is 24.1 Å². The van der Waals surface area contributed by atoms with Gasteiger partial charge in [-0.25, -0.2) is 8.42 Å². The van der Waals surface area contributed by atoms with Crippen LogP contribution in [0, 0.1) is 0 Å². The number of halogens is 2. The summed E-state index contributed by atoms with van der Waals surface area (Å²) in [5.74, 6) is -0.129. The van der Waals surface area contributed by atoms with Crippen LogP contribution in [0.15, 0.2) is 46.2 Å². The maximum Gasteiger partial charge on any atom is 0.261 e. The van der Waals surface area contributed by atoms with E-state index in [2.05, 4.69) is 4.72 Å². The van der Waals surface area contributed by atoms with Gasteiger partial charge in [0.05, 0.1) is 26.2 Å². The van der Waals surface area contributed by atoms with Crippen LogP contribution in [0.25, 0.3) is 0 Å². The maximum atomic E-state index is 13.0. The summed E-state index contributed by atoms with van der Waals surface area (Å²) in [6, 6.07) is 9.11. The van der Waals surface area contributed by atoms with Crippen LogP contribution < -0.4 is 4.72 Å². The number of rotatable bonds is 5. The summed E-state index contributed by atoms with van der Waals surface area (Å²) < 4.78 is 28.1. The van der Waals surface area contributed by atoms with E-state index < -0.39 is 10.0 Å². The predicted octanol–water partition coefficient (Wildman–Crippen LogP) is 5.14. The highest BCUT2D eigenvalue weighted by molar-refractivity contribution is 7.98. The predicted molar refractivity (Wildman–Crippen MR) is 115 cm³/mol. The topological polar surface area (TPSA) is 66.5 Å². The van der Waals surface area contributed by atoms with Gasteiger partial charge >= 0.3 is 0 Å². The van der Waals surface area contributed by atoms with E-state index in [0.29, 0.717) is 29.4 Å². The molecule has 0 atom stereocenters.